The Morgan fingerprint density at radius 2 is 1.70 bits per heavy atom. The molecule has 0 aliphatic carbocycles. The molecule has 112 valence electrons. The maximum atomic E-state index is 11.8. The van der Waals surface area contributed by atoms with Gasteiger partial charge in [0.25, 0.3) is 0 Å². The fraction of sp³-hybridized carbons (Fsp3) is 0.500. The highest BCUT2D eigenvalue weighted by Crippen LogP contribution is 2.15. The van der Waals surface area contributed by atoms with Crippen LogP contribution in [0.3, 0.4) is 0 Å². The van der Waals surface area contributed by atoms with Gasteiger partial charge in [0.2, 0.25) is 15.9 Å². The Hall–Kier alpha value is -1.56. The summed E-state index contributed by atoms with van der Waals surface area (Å²) in [5.41, 5.74) is 1.52. The molecule has 0 unspecified atom stereocenters. The highest BCUT2D eigenvalue weighted by atomic mass is 32.2. The molecule has 1 rings (SSSR count). The Morgan fingerprint density at radius 3 is 2.20 bits per heavy atom. The number of nitrogens with one attached hydrogen (secondary N) is 2. The Labute approximate surface area is 121 Å². The molecule has 1 aromatic carbocycles. The summed E-state index contributed by atoms with van der Waals surface area (Å²) in [5.74, 6) is 1.18. The smallest absolute Gasteiger partial charge is 0.246 e. The second-order valence-corrected chi connectivity index (χ2v) is 6.80. The van der Waals surface area contributed by atoms with E-state index in [2.05, 4.69) is 10.0 Å². The molecule has 0 bridgehead atoms. The maximum absolute atomic E-state index is 11.8. The van der Waals surface area contributed by atoms with E-state index in [1.165, 1.54) is 0 Å². The summed E-state index contributed by atoms with van der Waals surface area (Å²) in [6.07, 6.45) is 1.54. The minimum atomic E-state index is -3.23. The first kappa shape index (κ1) is 16.5. The van der Waals surface area contributed by atoms with Crippen molar-refractivity contribution < 1.29 is 13.0 Å². The van der Waals surface area contributed by atoms with Crippen molar-refractivity contribution in [2.75, 3.05) is 29.9 Å². The molecule has 0 heterocycles. The summed E-state index contributed by atoms with van der Waals surface area (Å²) in [5, 5.41) is 3.23. The van der Waals surface area contributed by atoms with Crippen LogP contribution < -0.4 is 10.0 Å². The van der Waals surface area contributed by atoms with Crippen LogP contribution in [0.2, 0.25) is 0 Å². The van der Waals surface area contributed by atoms with Crippen LogP contribution in [0.4, 0.5) is 11.4 Å². The Bertz CT molecular complexity index is 559. The van der Waals surface area contributed by atoms with Crippen LogP contribution in [0.15, 0.2) is 24.3 Å². The van der Waals surface area contributed by atoms with Crippen molar-refractivity contribution in [3.05, 3.63) is 24.3 Å². The van der Waals surface area contributed by atoms with Gasteiger partial charge in [-0.05, 0) is 30.7 Å². The predicted molar refractivity (Wildman–Crippen MR) is 85.2 cm³/mol. The van der Waals surface area contributed by atoms with E-state index in [0.29, 0.717) is 12.1 Å². The Morgan fingerprint density at radius 1 is 1.15 bits per heavy atom. The van der Waals surface area contributed by atoms with Gasteiger partial charge in [-0.15, -0.1) is 0 Å². The average Bonchev–Trinajstić information content (AvgIpc) is 2.38. The van der Waals surface area contributed by atoms with E-state index in [1.807, 2.05) is 44.7 Å². The third-order valence-electron chi connectivity index (χ3n) is 2.92. The summed E-state index contributed by atoms with van der Waals surface area (Å²) < 4.78 is 28.1. The van der Waals surface area contributed by atoms with Crippen molar-refractivity contribution in [2.45, 2.75) is 26.7 Å². The fourth-order valence-electron chi connectivity index (χ4n) is 1.51. The number of sulfonamides is 1. The predicted octanol–water partition coefficient (Wildman–Crippen LogP) is 2.33. The summed E-state index contributed by atoms with van der Waals surface area (Å²) in [4.78, 5) is 0. The maximum Gasteiger partial charge on any atom is 0.246 e. The van der Waals surface area contributed by atoms with E-state index in [4.69, 9.17) is 0 Å². The van der Waals surface area contributed by atoms with Gasteiger partial charge < -0.3 is 0 Å². The molecule has 0 saturated carbocycles. The summed E-state index contributed by atoms with van der Waals surface area (Å²) in [6, 6.07) is 7.22. The SMILES string of the molecule is CCCCS(=O)(=O)Nc1ccc(NC(C)=[N+](C)C)cc1. The van der Waals surface area contributed by atoms with Gasteiger partial charge in [-0.1, -0.05) is 13.3 Å². The van der Waals surface area contributed by atoms with Crippen LogP contribution in [0.5, 0.6) is 0 Å². The van der Waals surface area contributed by atoms with Crippen molar-refractivity contribution in [1.29, 1.82) is 0 Å². The highest BCUT2D eigenvalue weighted by molar-refractivity contribution is 7.92. The van der Waals surface area contributed by atoms with Crippen LogP contribution in [0, 0.1) is 0 Å². The van der Waals surface area contributed by atoms with Gasteiger partial charge in [0, 0.05) is 12.6 Å². The van der Waals surface area contributed by atoms with Crippen LogP contribution in [0.25, 0.3) is 0 Å². The molecule has 0 aromatic heterocycles. The lowest BCUT2D eigenvalue weighted by molar-refractivity contribution is -0.464. The second kappa shape index (κ2) is 7.28. The molecule has 20 heavy (non-hydrogen) atoms. The third-order valence-corrected chi connectivity index (χ3v) is 4.29. The molecule has 0 atom stereocenters. The lowest BCUT2D eigenvalue weighted by Crippen LogP contribution is -2.19. The molecule has 0 aliphatic heterocycles. The first-order valence-electron chi connectivity index (χ1n) is 6.72. The Kier molecular flexibility index (Phi) is 6.01. The minimum Gasteiger partial charge on any atom is -0.284 e. The molecular formula is C14H24N3O2S+. The summed E-state index contributed by atoms with van der Waals surface area (Å²) >= 11 is 0. The van der Waals surface area contributed by atoms with Gasteiger partial charge in [0.1, 0.15) is 5.69 Å². The van der Waals surface area contributed by atoms with Crippen molar-refractivity contribution in [2.24, 2.45) is 0 Å². The number of amidine groups is 1. The molecular weight excluding hydrogens is 274 g/mol. The largest absolute Gasteiger partial charge is 0.284 e. The highest BCUT2D eigenvalue weighted by Gasteiger charge is 2.10. The monoisotopic (exact) mass is 298 g/mol. The van der Waals surface area contributed by atoms with Gasteiger partial charge in [0.15, 0.2) is 0 Å². The van der Waals surface area contributed by atoms with Crippen molar-refractivity contribution >= 4 is 27.2 Å². The first-order chi connectivity index (χ1) is 9.34. The average molecular weight is 298 g/mol. The van der Waals surface area contributed by atoms with Crippen LogP contribution in [-0.2, 0) is 10.0 Å². The standard InChI is InChI=1S/C14H23N3O2S/c1-5-6-11-20(18,19)16-14-9-7-13(8-10-14)15-12(2)17(3)4/h7-10,16H,5-6,11H2,1-4H3/p+1. The number of nitrogens with zero attached hydrogens (tertiary/aromatic N) is 1. The molecule has 0 aliphatic rings. The molecule has 0 spiro atoms. The van der Waals surface area contributed by atoms with E-state index < -0.39 is 10.0 Å². The van der Waals surface area contributed by atoms with Gasteiger partial charge in [-0.25, -0.2) is 13.7 Å². The number of hydrogen-bond donors (Lipinski definition) is 2. The summed E-state index contributed by atoms with van der Waals surface area (Å²) in [6.45, 7) is 3.95. The van der Waals surface area contributed by atoms with Crippen molar-refractivity contribution in [3.8, 4) is 0 Å². The van der Waals surface area contributed by atoms with Crippen molar-refractivity contribution in [3.63, 3.8) is 0 Å². The van der Waals surface area contributed by atoms with Crippen LogP contribution in [0.1, 0.15) is 26.7 Å². The molecule has 0 radical (unpaired) electrons. The number of hydrogen-bond acceptors (Lipinski definition) is 2. The van der Waals surface area contributed by atoms with E-state index in [9.17, 15) is 8.42 Å². The van der Waals surface area contributed by atoms with Crippen LogP contribution in [-0.4, -0.2) is 38.7 Å². The first-order valence-corrected chi connectivity index (χ1v) is 8.37. The van der Waals surface area contributed by atoms with Crippen LogP contribution >= 0.6 is 0 Å². The zero-order valence-electron chi connectivity index (χ0n) is 12.6. The second-order valence-electron chi connectivity index (χ2n) is 4.96. The molecule has 0 saturated heterocycles. The number of anilines is 2. The lowest BCUT2D eigenvalue weighted by Gasteiger charge is -2.08. The zero-order valence-corrected chi connectivity index (χ0v) is 13.4. The topological polar surface area (TPSA) is 61.2 Å². The van der Waals surface area contributed by atoms with E-state index in [-0.39, 0.29) is 5.75 Å². The molecule has 1 aromatic rings. The van der Waals surface area contributed by atoms with E-state index >= 15 is 0 Å². The molecule has 6 heteroatoms. The molecule has 2 N–H and O–H groups in total. The number of unbranched alkanes of at least 4 members (excludes halogenated alkanes) is 1. The zero-order chi connectivity index (χ0) is 15.2. The van der Waals surface area contributed by atoms with Gasteiger partial charge in [-0.3, -0.25) is 9.30 Å². The van der Waals surface area contributed by atoms with Gasteiger partial charge in [0.05, 0.1) is 19.8 Å². The van der Waals surface area contributed by atoms with E-state index in [1.54, 1.807) is 12.1 Å². The Balaban J connectivity index is 2.70. The molecule has 0 fully saturated rings. The minimum absolute atomic E-state index is 0.164. The number of rotatable bonds is 6. The molecule has 0 amide bonds. The third kappa shape index (κ3) is 5.61. The normalized spacial score (nSPS) is 11.0. The van der Waals surface area contributed by atoms with Crippen molar-refractivity contribution in [1.82, 2.24) is 0 Å². The van der Waals surface area contributed by atoms with E-state index in [0.717, 1.165) is 17.9 Å². The summed E-state index contributed by atoms with van der Waals surface area (Å²) in [7, 11) is 0.684. The lowest BCUT2D eigenvalue weighted by atomic mass is 10.3. The quantitative estimate of drug-likeness (QED) is 0.481. The number of benzene rings is 1. The van der Waals surface area contributed by atoms with Gasteiger partial charge in [-0.2, -0.15) is 0 Å². The molecule has 5 nitrogen and oxygen atoms in total. The van der Waals surface area contributed by atoms with Gasteiger partial charge >= 0.3 is 0 Å². The fourth-order valence-corrected chi connectivity index (χ4v) is 2.77.